The number of ether oxygens (including phenoxy) is 1. The van der Waals surface area contributed by atoms with Crippen molar-refractivity contribution < 1.29 is 22.7 Å². The number of fused-ring (bicyclic) bond motifs is 1. The Kier molecular flexibility index (Phi) is 4.92. The van der Waals surface area contributed by atoms with Crippen LogP contribution in [0.15, 0.2) is 60.7 Å². The van der Waals surface area contributed by atoms with Gasteiger partial charge < -0.3 is 15.4 Å². The van der Waals surface area contributed by atoms with Gasteiger partial charge in [-0.3, -0.25) is 4.79 Å². The molecule has 4 rings (SSSR count). The van der Waals surface area contributed by atoms with Crippen LogP contribution in [-0.4, -0.2) is 29.9 Å². The average Bonchev–Trinajstić information content (AvgIpc) is 3.13. The van der Waals surface area contributed by atoms with Gasteiger partial charge in [-0.2, -0.15) is 13.2 Å². The van der Waals surface area contributed by atoms with Crippen molar-refractivity contribution in [1.29, 1.82) is 0 Å². The number of nitrogens with zero attached hydrogens (tertiary/aromatic N) is 1. The third kappa shape index (κ3) is 4.05. The van der Waals surface area contributed by atoms with E-state index in [2.05, 4.69) is 0 Å². The maximum Gasteiger partial charge on any atom is 0.416 e. The van der Waals surface area contributed by atoms with Gasteiger partial charge in [0.1, 0.15) is 11.5 Å². The van der Waals surface area contributed by atoms with Crippen LogP contribution in [-0.2, 0) is 6.18 Å². The zero-order chi connectivity index (χ0) is 20.6. The van der Waals surface area contributed by atoms with Crippen LogP contribution in [0.2, 0.25) is 0 Å². The van der Waals surface area contributed by atoms with E-state index < -0.39 is 11.7 Å². The SMILES string of the molecule is NC1CCN(C(=O)c2ccc3c(Oc4ccc(C(F)(F)F)cc4)cccc3c2)C1. The first-order chi connectivity index (χ1) is 13.8. The summed E-state index contributed by atoms with van der Waals surface area (Å²) >= 11 is 0. The van der Waals surface area contributed by atoms with Crippen molar-refractivity contribution in [3.05, 3.63) is 71.8 Å². The van der Waals surface area contributed by atoms with Crippen molar-refractivity contribution in [2.75, 3.05) is 13.1 Å². The molecule has 1 aliphatic rings. The minimum Gasteiger partial charge on any atom is -0.457 e. The van der Waals surface area contributed by atoms with Gasteiger partial charge in [-0.15, -0.1) is 0 Å². The molecule has 1 fully saturated rings. The number of amides is 1. The minimum absolute atomic E-state index is 0.0168. The maximum absolute atomic E-state index is 12.7. The van der Waals surface area contributed by atoms with Crippen LogP contribution >= 0.6 is 0 Å². The zero-order valence-corrected chi connectivity index (χ0v) is 15.4. The Morgan fingerprint density at radius 3 is 2.48 bits per heavy atom. The van der Waals surface area contributed by atoms with E-state index in [4.69, 9.17) is 10.5 Å². The van der Waals surface area contributed by atoms with Crippen LogP contribution in [0.4, 0.5) is 13.2 Å². The van der Waals surface area contributed by atoms with Crippen LogP contribution in [0.1, 0.15) is 22.3 Å². The van der Waals surface area contributed by atoms with Crippen molar-refractivity contribution >= 4 is 16.7 Å². The largest absolute Gasteiger partial charge is 0.457 e. The van der Waals surface area contributed by atoms with Gasteiger partial charge in [0.05, 0.1) is 5.56 Å². The number of halogens is 3. The van der Waals surface area contributed by atoms with Crippen molar-refractivity contribution in [3.8, 4) is 11.5 Å². The molecule has 0 saturated carbocycles. The van der Waals surface area contributed by atoms with Crippen LogP contribution in [0.3, 0.4) is 0 Å². The summed E-state index contributed by atoms with van der Waals surface area (Å²) in [6.45, 7) is 1.20. The smallest absolute Gasteiger partial charge is 0.416 e. The summed E-state index contributed by atoms with van der Waals surface area (Å²) in [5, 5.41) is 1.57. The van der Waals surface area contributed by atoms with Crippen LogP contribution in [0, 0.1) is 0 Å². The molecule has 3 aromatic carbocycles. The lowest BCUT2D eigenvalue weighted by atomic mass is 10.1. The Bertz CT molecular complexity index is 1050. The van der Waals surface area contributed by atoms with E-state index in [1.54, 1.807) is 35.2 Å². The number of likely N-dealkylation sites (tertiary alicyclic amines) is 1. The van der Waals surface area contributed by atoms with E-state index in [0.717, 1.165) is 29.3 Å². The molecule has 2 N–H and O–H groups in total. The van der Waals surface area contributed by atoms with Crippen LogP contribution in [0.25, 0.3) is 10.8 Å². The zero-order valence-electron chi connectivity index (χ0n) is 15.4. The number of alkyl halides is 3. The molecule has 0 aromatic heterocycles. The van der Waals surface area contributed by atoms with E-state index in [1.807, 2.05) is 6.07 Å². The third-order valence-corrected chi connectivity index (χ3v) is 5.01. The van der Waals surface area contributed by atoms with Crippen molar-refractivity contribution in [2.24, 2.45) is 5.73 Å². The van der Waals surface area contributed by atoms with Gasteiger partial charge in [0.15, 0.2) is 0 Å². The molecule has 0 radical (unpaired) electrons. The first kappa shape index (κ1) is 19.3. The summed E-state index contributed by atoms with van der Waals surface area (Å²) in [4.78, 5) is 14.4. The molecule has 1 amide bonds. The molecule has 1 saturated heterocycles. The molecule has 0 aliphatic carbocycles. The lowest BCUT2D eigenvalue weighted by Gasteiger charge is -2.16. The molecule has 1 heterocycles. The Hall–Kier alpha value is -3.06. The standard InChI is InChI=1S/C22H19F3N2O2/c23-22(24,25)16-5-7-18(8-6-16)29-20-3-1-2-14-12-15(4-9-19(14)20)21(28)27-11-10-17(26)13-27/h1-9,12,17H,10-11,13,26H2. The molecule has 29 heavy (non-hydrogen) atoms. The van der Waals surface area contributed by atoms with E-state index in [9.17, 15) is 18.0 Å². The van der Waals surface area contributed by atoms with Gasteiger partial charge in [-0.25, -0.2) is 0 Å². The Morgan fingerprint density at radius 1 is 1.07 bits per heavy atom. The summed E-state index contributed by atoms with van der Waals surface area (Å²) in [7, 11) is 0. The summed E-state index contributed by atoms with van der Waals surface area (Å²) < 4.78 is 43.9. The number of rotatable bonds is 3. The topological polar surface area (TPSA) is 55.6 Å². The number of benzene rings is 3. The first-order valence-corrected chi connectivity index (χ1v) is 9.24. The summed E-state index contributed by atoms with van der Waals surface area (Å²) in [5.74, 6) is 0.745. The fraction of sp³-hybridized carbons (Fsp3) is 0.227. The highest BCUT2D eigenvalue weighted by Crippen LogP contribution is 2.34. The van der Waals surface area contributed by atoms with Gasteiger partial charge in [0, 0.05) is 30.1 Å². The molecule has 4 nitrogen and oxygen atoms in total. The normalized spacial score (nSPS) is 17.0. The molecular formula is C22H19F3N2O2. The van der Waals surface area contributed by atoms with E-state index in [0.29, 0.717) is 30.2 Å². The Balaban J connectivity index is 1.59. The van der Waals surface area contributed by atoms with Gasteiger partial charge in [-0.05, 0) is 60.3 Å². The lowest BCUT2D eigenvalue weighted by Crippen LogP contribution is -2.31. The van der Waals surface area contributed by atoms with Gasteiger partial charge in [0.2, 0.25) is 0 Å². The summed E-state index contributed by atoms with van der Waals surface area (Å²) in [5.41, 5.74) is 5.72. The molecular weight excluding hydrogens is 381 g/mol. The number of carbonyl (C=O) groups is 1. The van der Waals surface area contributed by atoms with E-state index >= 15 is 0 Å². The average molecular weight is 400 g/mol. The van der Waals surface area contributed by atoms with Crippen LogP contribution < -0.4 is 10.5 Å². The molecule has 0 spiro atoms. The van der Waals surface area contributed by atoms with E-state index in [-0.39, 0.29) is 11.9 Å². The van der Waals surface area contributed by atoms with E-state index in [1.165, 1.54) is 12.1 Å². The first-order valence-electron chi connectivity index (χ1n) is 9.24. The molecule has 1 aliphatic heterocycles. The quantitative estimate of drug-likeness (QED) is 0.686. The fourth-order valence-electron chi connectivity index (χ4n) is 3.47. The molecule has 0 bridgehead atoms. The monoisotopic (exact) mass is 400 g/mol. The number of hydrogen-bond acceptors (Lipinski definition) is 3. The number of carbonyl (C=O) groups excluding carboxylic acids is 1. The number of nitrogens with two attached hydrogens (primary N) is 1. The maximum atomic E-state index is 12.7. The molecule has 1 unspecified atom stereocenters. The highest BCUT2D eigenvalue weighted by Gasteiger charge is 2.30. The second-order valence-electron chi connectivity index (χ2n) is 7.12. The Labute approximate surface area is 165 Å². The lowest BCUT2D eigenvalue weighted by molar-refractivity contribution is -0.137. The molecule has 7 heteroatoms. The number of hydrogen-bond donors (Lipinski definition) is 1. The van der Waals surface area contributed by atoms with Crippen molar-refractivity contribution in [2.45, 2.75) is 18.6 Å². The molecule has 150 valence electrons. The van der Waals surface area contributed by atoms with Gasteiger partial charge in [-0.1, -0.05) is 12.1 Å². The van der Waals surface area contributed by atoms with Gasteiger partial charge >= 0.3 is 6.18 Å². The second-order valence-corrected chi connectivity index (χ2v) is 7.12. The Morgan fingerprint density at radius 2 is 1.83 bits per heavy atom. The van der Waals surface area contributed by atoms with Gasteiger partial charge in [0.25, 0.3) is 5.91 Å². The molecule has 3 aromatic rings. The highest BCUT2D eigenvalue weighted by atomic mass is 19.4. The van der Waals surface area contributed by atoms with Crippen LogP contribution in [0.5, 0.6) is 11.5 Å². The fourth-order valence-corrected chi connectivity index (χ4v) is 3.47. The van der Waals surface area contributed by atoms with Crippen molar-refractivity contribution in [1.82, 2.24) is 4.90 Å². The molecule has 1 atom stereocenters. The highest BCUT2D eigenvalue weighted by molar-refractivity contribution is 6.00. The predicted molar refractivity (Wildman–Crippen MR) is 104 cm³/mol. The second kappa shape index (κ2) is 7.40. The predicted octanol–water partition coefficient (Wildman–Crippen LogP) is 4.82. The summed E-state index contributed by atoms with van der Waals surface area (Å²) in [6, 6.07) is 15.3. The minimum atomic E-state index is -4.39. The van der Waals surface area contributed by atoms with Crippen molar-refractivity contribution in [3.63, 3.8) is 0 Å². The third-order valence-electron chi connectivity index (χ3n) is 5.01. The summed E-state index contributed by atoms with van der Waals surface area (Å²) in [6.07, 6.45) is -3.59.